The first-order valence-electron chi connectivity index (χ1n) is 10.4. The highest BCUT2D eigenvalue weighted by molar-refractivity contribution is 5.96. The van der Waals surface area contributed by atoms with Crippen molar-refractivity contribution in [1.82, 2.24) is 25.2 Å². The third kappa shape index (κ3) is 6.37. The van der Waals surface area contributed by atoms with Crippen LogP contribution in [0.25, 0.3) is 5.69 Å². The van der Waals surface area contributed by atoms with Crippen LogP contribution in [0.3, 0.4) is 0 Å². The number of halogens is 1. The zero-order valence-electron chi connectivity index (χ0n) is 18.6. The average Bonchev–Trinajstić information content (AvgIpc) is 3.14. The topological polar surface area (TPSA) is 80.1 Å². The molecule has 2 aromatic rings. The van der Waals surface area contributed by atoms with Gasteiger partial charge >= 0.3 is 0 Å². The maximum absolute atomic E-state index is 13.0. The summed E-state index contributed by atoms with van der Waals surface area (Å²) in [5.41, 5.74) is 0.749. The number of benzene rings is 1. The van der Waals surface area contributed by atoms with Gasteiger partial charge in [0.1, 0.15) is 11.9 Å². The van der Waals surface area contributed by atoms with E-state index in [-0.39, 0.29) is 29.4 Å². The Hall–Kier alpha value is -2.77. The molecule has 2 heterocycles. The van der Waals surface area contributed by atoms with E-state index >= 15 is 0 Å². The first-order chi connectivity index (χ1) is 14.1. The van der Waals surface area contributed by atoms with E-state index in [2.05, 4.69) is 50.2 Å². The summed E-state index contributed by atoms with van der Waals surface area (Å²) in [6.07, 6.45) is 2.29. The molecule has 30 heavy (non-hydrogen) atoms. The summed E-state index contributed by atoms with van der Waals surface area (Å²) >= 11 is 0. The molecule has 0 spiro atoms. The summed E-state index contributed by atoms with van der Waals surface area (Å²) < 4.78 is 14.5. The van der Waals surface area contributed by atoms with Crippen LogP contribution in [0.4, 0.5) is 4.39 Å². The zero-order valence-corrected chi connectivity index (χ0v) is 18.6. The largest absolute Gasteiger partial charge is 0.350 e. The highest BCUT2D eigenvalue weighted by Gasteiger charge is 2.35. The quantitative estimate of drug-likeness (QED) is 0.826. The predicted octanol–water partition coefficient (Wildman–Crippen LogP) is 3.44. The second-order valence-electron chi connectivity index (χ2n) is 8.73. The second-order valence-corrected chi connectivity index (χ2v) is 8.73. The standard InChI is InChI=1S/C18H22FN5O2.C4H10/c1-11(2)8-14-9-23(12(3)17(25)20-14)18(26)16-10-24(22-21-16)15-6-4-13(19)5-7-15;1-4(2)3/h4-7,10-12,14H,8-9H2,1-3H3,(H,20,25);4H,1-3H3. The highest BCUT2D eigenvalue weighted by Crippen LogP contribution is 2.17. The SMILES string of the molecule is CC(C)C.CC(C)CC1CN(C(=O)c2cn(-c3ccc(F)cc3)nn2)C(C)C(=O)N1. The predicted molar refractivity (Wildman–Crippen MR) is 114 cm³/mol. The molecule has 1 aromatic carbocycles. The minimum Gasteiger partial charge on any atom is -0.350 e. The van der Waals surface area contributed by atoms with Gasteiger partial charge in [-0.05, 0) is 49.4 Å². The van der Waals surface area contributed by atoms with E-state index in [1.165, 1.54) is 27.9 Å². The molecule has 1 aliphatic heterocycles. The van der Waals surface area contributed by atoms with E-state index < -0.39 is 6.04 Å². The van der Waals surface area contributed by atoms with Gasteiger partial charge in [-0.3, -0.25) is 9.59 Å². The Labute approximate surface area is 177 Å². The lowest BCUT2D eigenvalue weighted by Gasteiger charge is -2.38. The van der Waals surface area contributed by atoms with Crippen molar-refractivity contribution >= 4 is 11.8 Å². The smallest absolute Gasteiger partial charge is 0.276 e. The summed E-state index contributed by atoms with van der Waals surface area (Å²) in [4.78, 5) is 26.6. The van der Waals surface area contributed by atoms with Crippen molar-refractivity contribution in [2.45, 2.75) is 60.0 Å². The van der Waals surface area contributed by atoms with Gasteiger partial charge in [0, 0.05) is 12.6 Å². The third-order valence-corrected chi connectivity index (χ3v) is 4.43. The Balaban J connectivity index is 0.000000735. The Bertz CT molecular complexity index is 845. The molecule has 7 nitrogen and oxygen atoms in total. The lowest BCUT2D eigenvalue weighted by molar-refractivity contribution is -0.128. The van der Waals surface area contributed by atoms with Crippen LogP contribution in [0.5, 0.6) is 0 Å². The van der Waals surface area contributed by atoms with Gasteiger partial charge in [-0.2, -0.15) is 0 Å². The molecule has 2 amide bonds. The minimum absolute atomic E-state index is 0.0743. The number of rotatable bonds is 4. The third-order valence-electron chi connectivity index (χ3n) is 4.43. The molecule has 0 radical (unpaired) electrons. The molecule has 1 aromatic heterocycles. The Kier molecular flexibility index (Phi) is 8.08. The van der Waals surface area contributed by atoms with Crippen LogP contribution in [0, 0.1) is 17.7 Å². The normalized spacial score (nSPS) is 18.8. The van der Waals surface area contributed by atoms with Crippen LogP contribution < -0.4 is 5.32 Å². The maximum Gasteiger partial charge on any atom is 0.276 e. The zero-order chi connectivity index (χ0) is 22.4. The number of carbonyl (C=O) groups is 2. The lowest BCUT2D eigenvalue weighted by atomic mass is 9.99. The summed E-state index contributed by atoms with van der Waals surface area (Å²) in [6, 6.07) is 5.08. The molecular weight excluding hydrogens is 385 g/mol. The van der Waals surface area contributed by atoms with E-state index in [4.69, 9.17) is 0 Å². The molecule has 0 aliphatic carbocycles. The first-order valence-corrected chi connectivity index (χ1v) is 10.4. The van der Waals surface area contributed by atoms with Crippen molar-refractivity contribution in [1.29, 1.82) is 0 Å². The fraction of sp³-hybridized carbons (Fsp3) is 0.545. The molecule has 1 saturated heterocycles. The first kappa shape index (κ1) is 23.5. The van der Waals surface area contributed by atoms with Crippen LogP contribution in [-0.2, 0) is 4.79 Å². The Morgan fingerprint density at radius 1 is 1.20 bits per heavy atom. The van der Waals surface area contributed by atoms with E-state index in [0.29, 0.717) is 18.2 Å². The monoisotopic (exact) mass is 417 g/mol. The second kappa shape index (κ2) is 10.3. The van der Waals surface area contributed by atoms with E-state index in [0.717, 1.165) is 12.3 Å². The van der Waals surface area contributed by atoms with Gasteiger partial charge in [-0.15, -0.1) is 5.10 Å². The van der Waals surface area contributed by atoms with Crippen LogP contribution in [0.15, 0.2) is 30.5 Å². The minimum atomic E-state index is -0.568. The summed E-state index contributed by atoms with van der Waals surface area (Å²) in [5, 5.41) is 10.8. The molecule has 0 bridgehead atoms. The molecule has 1 fully saturated rings. The summed E-state index contributed by atoms with van der Waals surface area (Å²) in [5.74, 6) is 0.384. The van der Waals surface area contributed by atoms with Gasteiger partial charge in [0.05, 0.1) is 11.9 Å². The van der Waals surface area contributed by atoms with Gasteiger partial charge in [-0.25, -0.2) is 9.07 Å². The van der Waals surface area contributed by atoms with Crippen molar-refractivity contribution in [3.63, 3.8) is 0 Å². The number of nitrogens with one attached hydrogen (secondary N) is 1. The number of carbonyl (C=O) groups excluding carboxylic acids is 2. The number of aromatic nitrogens is 3. The van der Waals surface area contributed by atoms with Crippen molar-refractivity contribution in [3.8, 4) is 5.69 Å². The van der Waals surface area contributed by atoms with Crippen LogP contribution in [-0.4, -0.2) is 50.3 Å². The van der Waals surface area contributed by atoms with Gasteiger partial charge in [0.15, 0.2) is 5.69 Å². The Morgan fingerprint density at radius 3 is 2.37 bits per heavy atom. The molecule has 8 heteroatoms. The van der Waals surface area contributed by atoms with Gasteiger partial charge in [0.25, 0.3) is 5.91 Å². The highest BCUT2D eigenvalue weighted by atomic mass is 19.1. The fourth-order valence-electron chi connectivity index (χ4n) is 3.09. The molecule has 1 N–H and O–H groups in total. The van der Waals surface area contributed by atoms with Crippen LogP contribution >= 0.6 is 0 Å². The van der Waals surface area contributed by atoms with Gasteiger partial charge in [-0.1, -0.05) is 39.8 Å². The summed E-state index contributed by atoms with van der Waals surface area (Å²) in [6.45, 7) is 12.8. The maximum atomic E-state index is 13.0. The molecule has 164 valence electrons. The molecule has 2 unspecified atom stereocenters. The Morgan fingerprint density at radius 2 is 1.80 bits per heavy atom. The molecular formula is C22H32FN5O2. The number of hydrogen-bond donors (Lipinski definition) is 1. The van der Waals surface area contributed by atoms with E-state index in [9.17, 15) is 14.0 Å². The van der Waals surface area contributed by atoms with Crippen LogP contribution in [0.1, 0.15) is 58.5 Å². The van der Waals surface area contributed by atoms with E-state index in [1.54, 1.807) is 19.1 Å². The van der Waals surface area contributed by atoms with E-state index in [1.807, 2.05) is 0 Å². The summed E-state index contributed by atoms with van der Waals surface area (Å²) in [7, 11) is 0. The lowest BCUT2D eigenvalue weighted by Crippen LogP contribution is -2.60. The van der Waals surface area contributed by atoms with Crippen molar-refractivity contribution in [2.75, 3.05) is 6.54 Å². The van der Waals surface area contributed by atoms with Crippen molar-refractivity contribution in [3.05, 3.63) is 42.0 Å². The van der Waals surface area contributed by atoms with Crippen molar-refractivity contribution in [2.24, 2.45) is 11.8 Å². The fourth-order valence-corrected chi connectivity index (χ4v) is 3.09. The number of hydrogen-bond acceptors (Lipinski definition) is 4. The molecule has 0 saturated carbocycles. The average molecular weight is 418 g/mol. The van der Waals surface area contributed by atoms with Gasteiger partial charge in [0.2, 0.25) is 5.91 Å². The molecule has 3 rings (SSSR count). The molecule has 1 aliphatic rings. The van der Waals surface area contributed by atoms with Crippen molar-refractivity contribution < 1.29 is 14.0 Å². The molecule has 2 atom stereocenters. The number of nitrogens with zero attached hydrogens (tertiary/aromatic N) is 4. The number of amides is 2. The van der Waals surface area contributed by atoms with Crippen LogP contribution in [0.2, 0.25) is 0 Å². The number of piperazine rings is 1. The van der Waals surface area contributed by atoms with Gasteiger partial charge < -0.3 is 10.2 Å².